The molecule has 0 spiro atoms. The van der Waals surface area contributed by atoms with E-state index in [-0.39, 0.29) is 7.53 Å². The van der Waals surface area contributed by atoms with Crippen LogP contribution in [-0.2, 0) is 6.42 Å². The summed E-state index contributed by atoms with van der Waals surface area (Å²) in [6.45, 7) is 12.3. The molecule has 0 radical (unpaired) electrons. The molecule has 1 rings (SSSR count). The van der Waals surface area contributed by atoms with Crippen molar-refractivity contribution < 1.29 is 6.16 Å². The Balaban J connectivity index is 0. The van der Waals surface area contributed by atoms with Gasteiger partial charge >= 0.3 is 0 Å². The van der Waals surface area contributed by atoms with Gasteiger partial charge in [0.15, 0.2) is 0 Å². The molecule has 1 atom stereocenters. The average molecular weight is 253 g/mol. The van der Waals surface area contributed by atoms with E-state index in [2.05, 4.69) is 44.3 Å². The predicted molar refractivity (Wildman–Crippen MR) is 82.5 cm³/mol. The van der Waals surface area contributed by atoms with Gasteiger partial charge in [0.25, 0.3) is 0 Å². The average Bonchev–Trinajstić information content (AvgIpc) is 2.39. The second-order valence-electron chi connectivity index (χ2n) is 4.13. The number of rotatable bonds is 7. The zero-order valence-corrected chi connectivity index (χ0v) is 12.6. The topological polar surface area (TPSA) is 21.3 Å². The van der Waals surface area contributed by atoms with Crippen LogP contribution in [0.15, 0.2) is 24.3 Å². The zero-order valence-electron chi connectivity index (χ0n) is 12.6. The van der Waals surface area contributed by atoms with Crippen molar-refractivity contribution in [3.05, 3.63) is 29.8 Å². The van der Waals surface area contributed by atoms with Gasteiger partial charge in [-0.2, -0.15) is 0 Å². The number of benzene rings is 1. The molecule has 1 aromatic rings. The van der Waals surface area contributed by atoms with Crippen LogP contribution in [0.3, 0.4) is 0 Å². The molecule has 0 aromatic heterocycles. The Morgan fingerprint density at radius 1 is 1.28 bits per heavy atom. The third kappa shape index (κ3) is 7.33. The van der Waals surface area contributed by atoms with Gasteiger partial charge in [-0.15, -0.1) is 0 Å². The summed E-state index contributed by atoms with van der Waals surface area (Å²) in [5.74, 6) is 0.983. The Kier molecular flexibility index (Phi) is 10.5. The van der Waals surface area contributed by atoms with E-state index in [1.54, 1.807) is 0 Å². The lowest BCUT2D eigenvalue weighted by Crippen LogP contribution is -2.28. The predicted octanol–water partition coefficient (Wildman–Crippen LogP) is 4.29. The van der Waals surface area contributed by atoms with Gasteiger partial charge in [0.05, 0.1) is 0 Å². The zero-order chi connectivity index (χ0) is 13.8. The molecule has 1 N–H and O–H groups in total. The van der Waals surface area contributed by atoms with Gasteiger partial charge in [-0.3, -0.25) is 0 Å². The Bertz CT molecular complexity index is 305. The summed E-state index contributed by atoms with van der Waals surface area (Å²) >= 11 is 0. The molecule has 18 heavy (non-hydrogen) atoms. The van der Waals surface area contributed by atoms with Crippen molar-refractivity contribution in [2.45, 2.75) is 53.6 Å². The van der Waals surface area contributed by atoms with E-state index in [0.717, 1.165) is 25.3 Å². The first-order valence-corrected chi connectivity index (χ1v) is 7.22. The lowest BCUT2D eigenvalue weighted by atomic mass is 10.1. The van der Waals surface area contributed by atoms with E-state index in [1.807, 2.05) is 19.9 Å². The fraction of sp³-hybridized carbons (Fsp3) is 0.625. The number of nitrogens with one attached hydrogen (secondary N) is 1. The van der Waals surface area contributed by atoms with Crippen LogP contribution in [0.2, 0.25) is 0 Å². The maximum Gasteiger partial charge on any atom is 0.120 e. The minimum absolute atomic E-state index is 0. The maximum atomic E-state index is 5.84. The SMILES string of the molecule is CC.CCCc1cccc(O[C@@H](C)CNCC)c1.[HH]. The van der Waals surface area contributed by atoms with Crippen LogP contribution < -0.4 is 10.1 Å². The summed E-state index contributed by atoms with van der Waals surface area (Å²) in [7, 11) is 0. The summed E-state index contributed by atoms with van der Waals surface area (Å²) < 4.78 is 5.84. The highest BCUT2D eigenvalue weighted by molar-refractivity contribution is 5.28. The van der Waals surface area contributed by atoms with Crippen molar-refractivity contribution in [2.24, 2.45) is 0 Å². The minimum Gasteiger partial charge on any atom is -0.489 e. The van der Waals surface area contributed by atoms with Crippen molar-refractivity contribution >= 4 is 0 Å². The highest BCUT2D eigenvalue weighted by Gasteiger charge is 2.03. The molecule has 0 saturated heterocycles. The molecule has 0 aliphatic carbocycles. The van der Waals surface area contributed by atoms with Crippen LogP contribution in [0.25, 0.3) is 0 Å². The summed E-state index contributed by atoms with van der Waals surface area (Å²) in [6.07, 6.45) is 2.52. The summed E-state index contributed by atoms with van der Waals surface area (Å²) in [5, 5.41) is 3.28. The highest BCUT2D eigenvalue weighted by atomic mass is 16.5. The Labute approximate surface area is 114 Å². The molecule has 2 heteroatoms. The molecular formula is C16H31NO. The smallest absolute Gasteiger partial charge is 0.120 e. The van der Waals surface area contributed by atoms with E-state index >= 15 is 0 Å². The molecule has 0 bridgehead atoms. The van der Waals surface area contributed by atoms with Crippen molar-refractivity contribution in [2.75, 3.05) is 13.1 Å². The van der Waals surface area contributed by atoms with E-state index in [9.17, 15) is 0 Å². The van der Waals surface area contributed by atoms with Crippen molar-refractivity contribution in [3.8, 4) is 5.75 Å². The van der Waals surface area contributed by atoms with Crippen molar-refractivity contribution in [1.29, 1.82) is 0 Å². The molecule has 0 unspecified atom stereocenters. The molecule has 0 fully saturated rings. The molecule has 0 amide bonds. The Morgan fingerprint density at radius 2 is 2.00 bits per heavy atom. The van der Waals surface area contributed by atoms with Crippen LogP contribution in [-0.4, -0.2) is 19.2 Å². The minimum atomic E-state index is 0. The second kappa shape index (κ2) is 11.1. The quantitative estimate of drug-likeness (QED) is 0.782. The molecule has 0 saturated carbocycles. The van der Waals surface area contributed by atoms with Gasteiger partial charge in [0.2, 0.25) is 0 Å². The van der Waals surface area contributed by atoms with Crippen molar-refractivity contribution in [1.82, 2.24) is 5.32 Å². The fourth-order valence-corrected chi connectivity index (χ4v) is 1.68. The first-order valence-electron chi connectivity index (χ1n) is 7.22. The molecule has 1 aromatic carbocycles. The monoisotopic (exact) mass is 253 g/mol. The molecule has 0 aliphatic heterocycles. The Hall–Kier alpha value is -1.02. The summed E-state index contributed by atoms with van der Waals surface area (Å²) in [4.78, 5) is 0. The lowest BCUT2D eigenvalue weighted by Gasteiger charge is -2.15. The normalized spacial score (nSPS) is 11.4. The van der Waals surface area contributed by atoms with Gasteiger partial charge in [0.1, 0.15) is 11.9 Å². The van der Waals surface area contributed by atoms with Gasteiger partial charge in [0, 0.05) is 7.97 Å². The van der Waals surface area contributed by atoms with E-state index in [4.69, 9.17) is 4.74 Å². The summed E-state index contributed by atoms with van der Waals surface area (Å²) in [6, 6.07) is 8.40. The molecule has 106 valence electrons. The third-order valence-electron chi connectivity index (χ3n) is 2.46. The molecule has 0 heterocycles. The van der Waals surface area contributed by atoms with Crippen LogP contribution in [0.1, 0.15) is 48.0 Å². The number of ether oxygens (including phenoxy) is 1. The van der Waals surface area contributed by atoms with Gasteiger partial charge in [-0.25, -0.2) is 0 Å². The summed E-state index contributed by atoms with van der Waals surface area (Å²) in [5.41, 5.74) is 1.36. The molecule has 2 nitrogen and oxygen atoms in total. The fourth-order valence-electron chi connectivity index (χ4n) is 1.68. The van der Waals surface area contributed by atoms with E-state index in [1.165, 1.54) is 12.0 Å². The Morgan fingerprint density at radius 3 is 2.61 bits per heavy atom. The third-order valence-corrected chi connectivity index (χ3v) is 2.46. The van der Waals surface area contributed by atoms with Gasteiger partial charge in [-0.05, 0) is 37.6 Å². The number of hydrogen-bond donors (Lipinski definition) is 1. The van der Waals surface area contributed by atoms with Crippen LogP contribution in [0.5, 0.6) is 5.75 Å². The van der Waals surface area contributed by atoms with Gasteiger partial charge in [-0.1, -0.05) is 46.2 Å². The number of hydrogen-bond acceptors (Lipinski definition) is 2. The van der Waals surface area contributed by atoms with Crippen molar-refractivity contribution in [3.63, 3.8) is 0 Å². The largest absolute Gasteiger partial charge is 0.489 e. The molecule has 0 aliphatic rings. The highest BCUT2D eigenvalue weighted by Crippen LogP contribution is 2.15. The second-order valence-corrected chi connectivity index (χ2v) is 4.13. The van der Waals surface area contributed by atoms with E-state index in [0.29, 0.717) is 0 Å². The first kappa shape index (κ1) is 17.0. The van der Waals surface area contributed by atoms with Crippen LogP contribution >= 0.6 is 0 Å². The maximum absolute atomic E-state index is 5.84. The van der Waals surface area contributed by atoms with Crippen LogP contribution in [0.4, 0.5) is 0 Å². The lowest BCUT2D eigenvalue weighted by molar-refractivity contribution is 0.218. The number of likely N-dealkylation sites (N-methyl/N-ethyl adjacent to an activating group) is 1. The number of aryl methyl sites for hydroxylation is 1. The molecular weight excluding hydrogens is 222 g/mol. The standard InChI is InChI=1S/C14H23NO.C2H6.H2/c1-4-7-13-8-6-9-14(10-13)16-12(3)11-15-5-2;1-2;/h6,8-10,12,15H,4-5,7,11H2,1-3H3;1-2H3;1H/t12-;;/m0../s1. The van der Waals surface area contributed by atoms with Crippen LogP contribution in [0, 0.1) is 0 Å². The first-order chi connectivity index (χ1) is 8.76. The van der Waals surface area contributed by atoms with E-state index < -0.39 is 0 Å². The van der Waals surface area contributed by atoms with Gasteiger partial charge < -0.3 is 10.1 Å².